The Kier molecular flexibility index (Phi) is 10.7. The van der Waals surface area contributed by atoms with Gasteiger partial charge < -0.3 is 9.55 Å². The van der Waals surface area contributed by atoms with Crippen LogP contribution in [-0.4, -0.2) is 19.5 Å². The second-order valence-electron chi connectivity index (χ2n) is 13.4. The predicted molar refractivity (Wildman–Crippen MR) is 224 cm³/mol. The molecule has 0 atom stereocenters. The molecule has 0 fully saturated rings. The molecule has 4 aromatic carbocycles. The predicted octanol–water partition coefficient (Wildman–Crippen LogP) is 13.3. The summed E-state index contributed by atoms with van der Waals surface area (Å²) < 4.78 is 2.41. The fraction of sp³-hybridized carbons (Fsp3) is 0.102. The van der Waals surface area contributed by atoms with Gasteiger partial charge in [-0.2, -0.15) is 0 Å². The van der Waals surface area contributed by atoms with Gasteiger partial charge in [0.2, 0.25) is 0 Å². The molecule has 0 unspecified atom stereocenters. The number of unbranched alkanes of at least 4 members (excludes halogenated alkanes) is 2. The molecule has 5 heteroatoms. The number of nitrogens with one attached hydrogen (secondary N) is 1. The first-order valence-electron chi connectivity index (χ1n) is 18.6. The van der Waals surface area contributed by atoms with Crippen LogP contribution in [0.2, 0.25) is 5.02 Å². The SMILES string of the molecule is C1=Cc2cc3c(-c4ccccc4)c(-c4ccccc4)c(c(-c4ccccc4)c4nc(cc5ccc(cc1n2)[nH]5)C=C4)n3-c1ccccc1.CCCC[CH2][Ru]. The number of aromatic amines is 1. The van der Waals surface area contributed by atoms with Gasteiger partial charge in [-0.15, -0.1) is 0 Å². The zero-order chi connectivity index (χ0) is 36.7. The van der Waals surface area contributed by atoms with E-state index in [-0.39, 0.29) is 0 Å². The number of para-hydroxylation sites is 1. The van der Waals surface area contributed by atoms with Crippen molar-refractivity contribution >= 4 is 46.4 Å². The van der Waals surface area contributed by atoms with Gasteiger partial charge in [-0.05, 0) is 83.5 Å². The first-order valence-corrected chi connectivity index (χ1v) is 19.9. The minimum atomic E-state index is 0.889. The van der Waals surface area contributed by atoms with Gasteiger partial charge in [0, 0.05) is 33.4 Å². The van der Waals surface area contributed by atoms with Crippen LogP contribution in [0.5, 0.6) is 0 Å². The number of benzene rings is 4. The van der Waals surface area contributed by atoms with Crippen molar-refractivity contribution in [3.8, 4) is 39.1 Å². The van der Waals surface area contributed by atoms with Gasteiger partial charge in [-0.25, -0.2) is 9.97 Å². The number of rotatable bonds is 7. The van der Waals surface area contributed by atoms with Crippen LogP contribution < -0.4 is 0 Å². The van der Waals surface area contributed by atoms with Gasteiger partial charge in [-0.1, -0.05) is 109 Å². The average Bonchev–Trinajstić information content (AvgIpc) is 4.04. The van der Waals surface area contributed by atoms with Crippen LogP contribution in [0.3, 0.4) is 0 Å². The number of hydrogen-bond acceptors (Lipinski definition) is 2. The fourth-order valence-corrected chi connectivity index (χ4v) is 7.59. The Labute approximate surface area is 327 Å². The van der Waals surface area contributed by atoms with E-state index >= 15 is 0 Å². The molecule has 265 valence electrons. The van der Waals surface area contributed by atoms with Gasteiger partial charge >= 0.3 is 49.5 Å². The topological polar surface area (TPSA) is 46.5 Å². The maximum absolute atomic E-state index is 5.29. The molecule has 3 aromatic heterocycles. The summed E-state index contributed by atoms with van der Waals surface area (Å²) >= 11 is 2.65. The van der Waals surface area contributed by atoms with Crippen LogP contribution in [0.4, 0.5) is 0 Å². The van der Waals surface area contributed by atoms with Crippen molar-refractivity contribution in [2.45, 2.75) is 31.2 Å². The summed E-state index contributed by atoms with van der Waals surface area (Å²) in [6.07, 6.45) is 12.6. The molecule has 8 bridgehead atoms. The normalized spacial score (nSPS) is 11.7. The van der Waals surface area contributed by atoms with Gasteiger partial charge in [0.05, 0.1) is 33.8 Å². The van der Waals surface area contributed by atoms with Crippen molar-refractivity contribution in [3.63, 3.8) is 0 Å². The van der Waals surface area contributed by atoms with Gasteiger partial charge in [0.15, 0.2) is 0 Å². The standard InChI is InChI=1S/C44H30N4.C5H11.Ru/c1-5-13-30(14-6-1)41-39-26-25-36(47-39)28-35-22-21-33(45-35)27-34-23-24-37(46-34)29-40-42(31-15-7-2-8-16-31)43(32-17-9-3-10-18-32)44(41)48(40)38-19-11-4-12-20-38;1-3-5-4-2;/h1-29,45H;1,3-5H2,2H3;. The Hall–Kier alpha value is -5.90. The molecule has 0 saturated heterocycles. The molecule has 2 aliphatic rings. The van der Waals surface area contributed by atoms with E-state index < -0.39 is 0 Å². The second kappa shape index (κ2) is 16.4. The van der Waals surface area contributed by atoms with Crippen molar-refractivity contribution in [1.29, 1.82) is 0 Å². The molecule has 0 radical (unpaired) electrons. The third-order valence-corrected chi connectivity index (χ3v) is 10.2. The van der Waals surface area contributed by atoms with Crippen molar-refractivity contribution in [2.24, 2.45) is 0 Å². The molecule has 54 heavy (non-hydrogen) atoms. The van der Waals surface area contributed by atoms with Crippen LogP contribution in [-0.2, 0) is 18.3 Å². The molecule has 0 aliphatic carbocycles. The Balaban J connectivity index is 0.000000640. The second-order valence-corrected chi connectivity index (χ2v) is 14.2. The Morgan fingerprint density at radius 3 is 1.57 bits per heavy atom. The Morgan fingerprint density at radius 2 is 1.02 bits per heavy atom. The molecule has 9 rings (SSSR count). The van der Waals surface area contributed by atoms with Crippen LogP contribution in [0.25, 0.3) is 85.4 Å². The first kappa shape index (κ1) is 35.1. The van der Waals surface area contributed by atoms with E-state index in [1.54, 1.807) is 0 Å². The third kappa shape index (κ3) is 7.46. The number of fused-ring (bicyclic) bond motifs is 8. The molecule has 5 heterocycles. The van der Waals surface area contributed by atoms with Crippen LogP contribution in [0.15, 0.2) is 152 Å². The van der Waals surface area contributed by atoms with E-state index in [1.165, 1.54) is 24.3 Å². The van der Waals surface area contributed by atoms with Crippen LogP contribution >= 0.6 is 0 Å². The van der Waals surface area contributed by atoms with E-state index in [2.05, 4.69) is 211 Å². The number of hydrogen-bond donors (Lipinski definition) is 1. The van der Waals surface area contributed by atoms with Crippen LogP contribution in [0.1, 0.15) is 49.0 Å². The van der Waals surface area contributed by atoms with E-state index in [0.29, 0.717) is 0 Å². The molecular weight excluding hydrogens is 746 g/mol. The number of H-pyrrole nitrogens is 1. The molecule has 0 amide bonds. The summed E-state index contributed by atoms with van der Waals surface area (Å²) in [4.78, 5) is 13.9. The molecule has 7 aromatic rings. The summed E-state index contributed by atoms with van der Waals surface area (Å²) in [6, 6.07) is 53.3. The van der Waals surface area contributed by atoms with E-state index in [9.17, 15) is 0 Å². The Bertz CT molecular complexity index is 2600. The van der Waals surface area contributed by atoms with Gasteiger partial charge in [-0.3, -0.25) is 0 Å². The summed E-state index contributed by atoms with van der Waals surface area (Å²) in [7, 11) is 0. The zero-order valence-electron chi connectivity index (χ0n) is 30.3. The summed E-state index contributed by atoms with van der Waals surface area (Å²) in [5.41, 5.74) is 15.4. The molecule has 1 N–H and O–H groups in total. The van der Waals surface area contributed by atoms with Crippen LogP contribution in [0, 0.1) is 0 Å². The quantitative estimate of drug-likeness (QED) is 0.129. The summed E-state index contributed by atoms with van der Waals surface area (Å²) in [6.45, 7) is 2.22. The van der Waals surface area contributed by atoms with E-state index in [4.69, 9.17) is 9.97 Å². The fourth-order valence-electron chi connectivity index (χ4n) is 7.15. The first-order chi connectivity index (χ1) is 26.7. The number of nitrogens with zero attached hydrogens (tertiary/aromatic N) is 3. The molecule has 0 spiro atoms. The molecule has 2 aliphatic heterocycles. The van der Waals surface area contributed by atoms with Crippen molar-refractivity contribution in [3.05, 3.63) is 174 Å². The van der Waals surface area contributed by atoms with E-state index in [0.717, 1.165) is 83.9 Å². The number of aromatic nitrogens is 4. The minimum absolute atomic E-state index is 0.889. The Morgan fingerprint density at radius 1 is 0.519 bits per heavy atom. The van der Waals surface area contributed by atoms with E-state index in [1.807, 2.05) is 0 Å². The maximum atomic E-state index is 5.29. The molecule has 0 saturated carbocycles. The third-order valence-electron chi connectivity index (χ3n) is 9.60. The zero-order valence-corrected chi connectivity index (χ0v) is 32.0. The van der Waals surface area contributed by atoms with Gasteiger partial charge in [0.1, 0.15) is 0 Å². The molecule has 4 nitrogen and oxygen atoms in total. The molecular formula is C49H41N4Ru. The monoisotopic (exact) mass is 787 g/mol. The van der Waals surface area contributed by atoms with Gasteiger partial charge in [0.25, 0.3) is 0 Å². The summed E-state index contributed by atoms with van der Waals surface area (Å²) in [5.74, 6) is 0. The summed E-state index contributed by atoms with van der Waals surface area (Å²) in [5, 5.41) is 1.28. The van der Waals surface area contributed by atoms with Crippen molar-refractivity contribution in [1.82, 2.24) is 19.5 Å². The van der Waals surface area contributed by atoms with Crippen molar-refractivity contribution in [2.75, 3.05) is 0 Å². The average molecular weight is 787 g/mol. The van der Waals surface area contributed by atoms with Crippen molar-refractivity contribution < 1.29 is 18.3 Å².